The number of carbonyl (C=O) groups is 2. The molecule has 0 spiro atoms. The highest BCUT2D eigenvalue weighted by atomic mass is 35.5. The number of likely N-dealkylation sites (N-methyl/N-ethyl adjacent to an activating group) is 1. The van der Waals surface area contributed by atoms with Crippen LogP contribution in [-0.2, 0) is 29.0 Å². The van der Waals surface area contributed by atoms with Gasteiger partial charge in [0.15, 0.2) is 0 Å². The number of amides is 1. The van der Waals surface area contributed by atoms with Gasteiger partial charge in [0.1, 0.15) is 6.29 Å². The number of hydrogen-bond donors (Lipinski definition) is 4. The molecule has 9 heteroatoms. The van der Waals surface area contributed by atoms with Crippen LogP contribution < -0.4 is 21.7 Å². The van der Waals surface area contributed by atoms with E-state index in [1.165, 1.54) is 0 Å². The Morgan fingerprint density at radius 3 is 2.78 bits per heavy atom. The van der Waals surface area contributed by atoms with E-state index in [1.54, 1.807) is 0 Å². The van der Waals surface area contributed by atoms with E-state index in [-0.39, 0.29) is 11.9 Å². The number of halogens is 1. The van der Waals surface area contributed by atoms with Crippen molar-refractivity contribution in [1.82, 2.24) is 15.5 Å². The number of piperidine rings is 1. The molecule has 37 heavy (non-hydrogen) atoms. The number of carbonyl (C=O) groups excluding carboxylic acids is 2. The summed E-state index contributed by atoms with van der Waals surface area (Å²) in [6, 6.07) is 11.2. The molecular formula is C28H36ClN5O3. The van der Waals surface area contributed by atoms with Gasteiger partial charge in [0, 0.05) is 41.6 Å². The van der Waals surface area contributed by atoms with Crippen LogP contribution in [0.25, 0.3) is 0 Å². The minimum absolute atomic E-state index is 0.0559. The lowest BCUT2D eigenvalue weighted by Gasteiger charge is -2.31. The Bertz CT molecular complexity index is 1140. The summed E-state index contributed by atoms with van der Waals surface area (Å²) in [5, 5.41) is 9.97. The summed E-state index contributed by atoms with van der Waals surface area (Å²) in [7, 11) is 1.90. The largest absolute Gasteiger partial charge is 0.380 e. The van der Waals surface area contributed by atoms with Gasteiger partial charge >= 0.3 is 0 Å². The SMILES string of the molecule is C=C1CCC(N(C)Cc2cc(CNC(=C)Nc3ccc(CCOCCN)c(Cl)c3)ccc2C=O)C(=O)N1. The molecule has 0 bridgehead atoms. The topological polar surface area (TPSA) is 109 Å². The van der Waals surface area contributed by atoms with Crippen LogP contribution in [0.1, 0.15) is 39.9 Å². The lowest BCUT2D eigenvalue weighted by atomic mass is 10.0. The van der Waals surface area contributed by atoms with E-state index in [4.69, 9.17) is 22.1 Å². The number of hydrogen-bond acceptors (Lipinski definition) is 7. The maximum absolute atomic E-state index is 12.4. The standard InChI is InChI=1S/C28H36ClN5O3/c1-19-4-9-27(28(36)32-19)34(3)17-24-14-21(5-6-23(24)18-35)16-31-20(2)33-25-8-7-22(26(29)15-25)10-12-37-13-11-30/h5-8,14-15,18,27,31,33H,1-2,4,9-13,16-17,30H2,3H3,(H,32,36). The second-order valence-corrected chi connectivity index (χ2v) is 9.53. The Hall–Kier alpha value is -3.17. The van der Waals surface area contributed by atoms with E-state index in [2.05, 4.69) is 29.1 Å². The molecule has 0 aromatic heterocycles. The molecule has 0 saturated carbocycles. The van der Waals surface area contributed by atoms with E-state index in [0.717, 1.165) is 40.8 Å². The van der Waals surface area contributed by atoms with Crippen LogP contribution in [0.2, 0.25) is 5.02 Å². The maximum Gasteiger partial charge on any atom is 0.241 e. The molecule has 2 aromatic carbocycles. The smallest absolute Gasteiger partial charge is 0.241 e. The predicted octanol–water partition coefficient (Wildman–Crippen LogP) is 3.57. The van der Waals surface area contributed by atoms with Crippen LogP contribution in [0.3, 0.4) is 0 Å². The summed E-state index contributed by atoms with van der Waals surface area (Å²) in [5.74, 6) is 0.562. The molecule has 1 saturated heterocycles. The van der Waals surface area contributed by atoms with Gasteiger partial charge in [-0.1, -0.05) is 49.0 Å². The Kier molecular flexibility index (Phi) is 10.7. The molecular weight excluding hydrogens is 490 g/mol. The van der Waals surface area contributed by atoms with Gasteiger partial charge in [0.05, 0.1) is 25.1 Å². The summed E-state index contributed by atoms with van der Waals surface area (Å²) in [4.78, 5) is 26.0. The van der Waals surface area contributed by atoms with Crippen molar-refractivity contribution in [1.29, 1.82) is 0 Å². The molecule has 198 valence electrons. The van der Waals surface area contributed by atoms with Gasteiger partial charge in [-0.25, -0.2) is 0 Å². The summed E-state index contributed by atoms with van der Waals surface area (Å²) >= 11 is 6.43. The summed E-state index contributed by atoms with van der Waals surface area (Å²) < 4.78 is 5.43. The van der Waals surface area contributed by atoms with Crippen molar-refractivity contribution in [3.05, 3.63) is 88.4 Å². The van der Waals surface area contributed by atoms with Crippen LogP contribution in [0, 0.1) is 0 Å². The molecule has 1 aliphatic heterocycles. The van der Waals surface area contributed by atoms with E-state index >= 15 is 0 Å². The Labute approximate surface area is 223 Å². The number of anilines is 1. The average molecular weight is 526 g/mol. The summed E-state index contributed by atoms with van der Waals surface area (Å²) in [5.41, 5.74) is 10.5. The monoisotopic (exact) mass is 525 g/mol. The van der Waals surface area contributed by atoms with Gasteiger partial charge in [-0.05, 0) is 55.1 Å². The van der Waals surface area contributed by atoms with Crippen molar-refractivity contribution in [3.63, 3.8) is 0 Å². The second kappa shape index (κ2) is 13.9. The number of nitrogens with one attached hydrogen (secondary N) is 3. The molecule has 0 aliphatic carbocycles. The quantitative estimate of drug-likeness (QED) is 0.220. The Balaban J connectivity index is 1.55. The third-order valence-electron chi connectivity index (χ3n) is 6.24. The maximum atomic E-state index is 12.4. The van der Waals surface area contributed by atoms with Gasteiger partial charge < -0.3 is 26.4 Å². The second-order valence-electron chi connectivity index (χ2n) is 9.13. The van der Waals surface area contributed by atoms with Crippen LogP contribution >= 0.6 is 11.6 Å². The Morgan fingerprint density at radius 2 is 2.08 bits per heavy atom. The lowest BCUT2D eigenvalue weighted by molar-refractivity contribution is -0.126. The highest BCUT2D eigenvalue weighted by Gasteiger charge is 2.27. The number of rotatable bonds is 14. The minimum Gasteiger partial charge on any atom is -0.380 e. The highest BCUT2D eigenvalue weighted by molar-refractivity contribution is 6.31. The Morgan fingerprint density at radius 1 is 1.27 bits per heavy atom. The number of ether oxygens (including phenoxy) is 1. The lowest BCUT2D eigenvalue weighted by Crippen LogP contribution is -2.47. The fourth-order valence-corrected chi connectivity index (χ4v) is 4.48. The normalized spacial score (nSPS) is 15.4. The molecule has 1 aliphatic rings. The van der Waals surface area contributed by atoms with E-state index in [0.29, 0.717) is 62.1 Å². The number of allylic oxidation sites excluding steroid dienone is 1. The first-order chi connectivity index (χ1) is 17.8. The molecule has 1 heterocycles. The van der Waals surface area contributed by atoms with Gasteiger partial charge in [-0.15, -0.1) is 0 Å². The van der Waals surface area contributed by atoms with E-state index in [1.807, 2.05) is 48.3 Å². The number of aldehydes is 1. The fraction of sp³-hybridized carbons (Fsp3) is 0.357. The molecule has 0 radical (unpaired) electrons. The molecule has 3 rings (SSSR count). The van der Waals surface area contributed by atoms with Crippen molar-refractivity contribution in [2.75, 3.05) is 32.1 Å². The van der Waals surface area contributed by atoms with Crippen LogP contribution in [0.15, 0.2) is 61.1 Å². The highest BCUT2D eigenvalue weighted by Crippen LogP contribution is 2.23. The van der Waals surface area contributed by atoms with Crippen molar-refractivity contribution in [3.8, 4) is 0 Å². The first-order valence-electron chi connectivity index (χ1n) is 12.3. The van der Waals surface area contributed by atoms with Crippen molar-refractivity contribution in [2.24, 2.45) is 5.73 Å². The summed E-state index contributed by atoms with van der Waals surface area (Å²) in [6.07, 6.45) is 3.02. The zero-order valence-corrected chi connectivity index (χ0v) is 22.1. The molecule has 8 nitrogen and oxygen atoms in total. The van der Waals surface area contributed by atoms with Gasteiger partial charge in [0.25, 0.3) is 0 Å². The first-order valence-corrected chi connectivity index (χ1v) is 12.7. The number of nitrogens with zero attached hydrogens (tertiary/aromatic N) is 1. The van der Waals surface area contributed by atoms with Crippen LogP contribution in [0.5, 0.6) is 0 Å². The van der Waals surface area contributed by atoms with Crippen LogP contribution in [0.4, 0.5) is 5.69 Å². The zero-order chi connectivity index (χ0) is 26.8. The molecule has 2 aromatic rings. The van der Waals surface area contributed by atoms with Gasteiger partial charge in [-0.2, -0.15) is 0 Å². The van der Waals surface area contributed by atoms with E-state index < -0.39 is 0 Å². The molecule has 5 N–H and O–H groups in total. The van der Waals surface area contributed by atoms with Crippen molar-refractivity contribution in [2.45, 2.75) is 38.4 Å². The zero-order valence-electron chi connectivity index (χ0n) is 21.3. The number of nitrogens with two attached hydrogens (primary N) is 1. The fourth-order valence-electron chi connectivity index (χ4n) is 4.20. The van der Waals surface area contributed by atoms with Crippen molar-refractivity contribution >= 4 is 29.5 Å². The molecule has 1 atom stereocenters. The van der Waals surface area contributed by atoms with Gasteiger partial charge in [0.2, 0.25) is 5.91 Å². The summed E-state index contributed by atoms with van der Waals surface area (Å²) in [6.45, 7) is 10.5. The predicted molar refractivity (Wildman–Crippen MR) is 148 cm³/mol. The van der Waals surface area contributed by atoms with Gasteiger partial charge in [-0.3, -0.25) is 14.5 Å². The van der Waals surface area contributed by atoms with Crippen molar-refractivity contribution < 1.29 is 14.3 Å². The number of benzene rings is 2. The van der Waals surface area contributed by atoms with E-state index in [9.17, 15) is 9.59 Å². The average Bonchev–Trinajstić information content (AvgIpc) is 2.86. The first kappa shape index (κ1) is 28.4. The molecule has 1 unspecified atom stereocenters. The molecule has 1 amide bonds. The third-order valence-corrected chi connectivity index (χ3v) is 6.59. The minimum atomic E-state index is -0.257. The van der Waals surface area contributed by atoms with Crippen LogP contribution in [-0.4, -0.2) is 49.9 Å². The third kappa shape index (κ3) is 8.43. The molecule has 1 fully saturated rings.